The first kappa shape index (κ1) is 20.0. The molecule has 0 spiro atoms. The quantitative estimate of drug-likeness (QED) is 0.648. The Bertz CT molecular complexity index is 1170. The van der Waals surface area contributed by atoms with E-state index in [1.165, 1.54) is 16.7 Å². The van der Waals surface area contributed by atoms with Gasteiger partial charge in [0.2, 0.25) is 0 Å². The van der Waals surface area contributed by atoms with Crippen molar-refractivity contribution < 1.29 is 23.8 Å². The molecule has 0 bridgehead atoms. The van der Waals surface area contributed by atoms with Crippen LogP contribution in [0.3, 0.4) is 0 Å². The van der Waals surface area contributed by atoms with Crippen molar-refractivity contribution in [2.45, 2.75) is 32.9 Å². The van der Waals surface area contributed by atoms with Gasteiger partial charge in [-0.05, 0) is 31.0 Å². The van der Waals surface area contributed by atoms with Crippen LogP contribution in [0, 0.1) is 5.82 Å². The number of hydrogen-bond acceptors (Lipinski definition) is 6. The molecule has 0 aliphatic carbocycles. The topological polar surface area (TPSA) is 90.6 Å². The van der Waals surface area contributed by atoms with Gasteiger partial charge in [0, 0.05) is 30.3 Å². The number of benzene rings is 1. The van der Waals surface area contributed by atoms with E-state index in [-0.39, 0.29) is 23.6 Å². The lowest BCUT2D eigenvalue weighted by atomic mass is 10.0. The van der Waals surface area contributed by atoms with E-state index in [4.69, 9.17) is 9.47 Å². The number of esters is 1. The predicted octanol–water partition coefficient (Wildman–Crippen LogP) is 2.58. The zero-order chi connectivity index (χ0) is 21.3. The minimum Gasteiger partial charge on any atom is -0.491 e. The first-order chi connectivity index (χ1) is 14.5. The summed E-state index contributed by atoms with van der Waals surface area (Å²) in [4.78, 5) is 30.1. The van der Waals surface area contributed by atoms with E-state index < -0.39 is 18.1 Å². The SMILES string of the molecule is CCOC(=O)c1c(CO)c2ncc(Cc3ccc(F)cc3)c3c2n(c1=O)CCCO3. The number of aromatic nitrogens is 2. The summed E-state index contributed by atoms with van der Waals surface area (Å²) in [7, 11) is 0. The van der Waals surface area contributed by atoms with Gasteiger partial charge >= 0.3 is 5.97 Å². The van der Waals surface area contributed by atoms with Crippen molar-refractivity contribution in [3.8, 4) is 5.75 Å². The zero-order valence-corrected chi connectivity index (χ0v) is 16.5. The number of aryl methyl sites for hydroxylation is 1. The fourth-order valence-corrected chi connectivity index (χ4v) is 3.76. The van der Waals surface area contributed by atoms with Gasteiger partial charge in [-0.1, -0.05) is 12.1 Å². The van der Waals surface area contributed by atoms with Crippen molar-refractivity contribution in [3.63, 3.8) is 0 Å². The fourth-order valence-electron chi connectivity index (χ4n) is 3.76. The Morgan fingerprint density at radius 1 is 1.33 bits per heavy atom. The number of ether oxygens (including phenoxy) is 2. The summed E-state index contributed by atoms with van der Waals surface area (Å²) in [5, 5.41) is 9.96. The minimum absolute atomic E-state index is 0.111. The molecule has 2 aromatic heterocycles. The van der Waals surface area contributed by atoms with Crippen molar-refractivity contribution >= 4 is 17.0 Å². The Labute approximate surface area is 171 Å². The monoisotopic (exact) mass is 412 g/mol. The highest BCUT2D eigenvalue weighted by Crippen LogP contribution is 2.34. The van der Waals surface area contributed by atoms with Crippen LogP contribution >= 0.6 is 0 Å². The van der Waals surface area contributed by atoms with Crippen LogP contribution in [-0.2, 0) is 24.3 Å². The maximum absolute atomic E-state index is 13.2. The average molecular weight is 412 g/mol. The summed E-state index contributed by atoms with van der Waals surface area (Å²) in [5.74, 6) is -0.608. The third kappa shape index (κ3) is 3.43. The fraction of sp³-hybridized carbons (Fsp3) is 0.318. The van der Waals surface area contributed by atoms with E-state index >= 15 is 0 Å². The third-order valence-electron chi connectivity index (χ3n) is 5.12. The highest BCUT2D eigenvalue weighted by Gasteiger charge is 2.27. The van der Waals surface area contributed by atoms with Crippen molar-refractivity contribution in [1.82, 2.24) is 9.55 Å². The number of aliphatic hydroxyl groups excluding tert-OH is 1. The molecule has 4 rings (SSSR count). The second kappa shape index (κ2) is 8.23. The van der Waals surface area contributed by atoms with Crippen LogP contribution in [0.15, 0.2) is 35.3 Å². The molecule has 1 N–H and O–H groups in total. The van der Waals surface area contributed by atoms with Crippen molar-refractivity contribution in [2.24, 2.45) is 0 Å². The number of pyridine rings is 2. The molecule has 0 unspecified atom stereocenters. The first-order valence-electron chi connectivity index (χ1n) is 9.77. The second-order valence-corrected chi connectivity index (χ2v) is 7.00. The van der Waals surface area contributed by atoms with Gasteiger partial charge in [0.15, 0.2) is 0 Å². The standard InChI is InChI=1S/C22H21FN2O5/c1-2-29-22(28)17-16(12-26)18-19-20(30-9-3-8-25(19)21(17)27)14(11-24-18)10-13-4-6-15(23)7-5-13/h4-7,11,26H,2-3,8-10,12H2,1H3. The number of carbonyl (C=O) groups excluding carboxylic acids is 1. The Balaban J connectivity index is 1.96. The molecule has 1 aliphatic rings. The van der Waals surface area contributed by atoms with Crippen LogP contribution in [0.1, 0.15) is 40.4 Å². The molecular weight excluding hydrogens is 391 g/mol. The van der Waals surface area contributed by atoms with E-state index in [2.05, 4.69) is 4.98 Å². The summed E-state index contributed by atoms with van der Waals surface area (Å²) in [6.45, 7) is 1.96. The van der Waals surface area contributed by atoms with Crippen LogP contribution in [0.25, 0.3) is 11.0 Å². The van der Waals surface area contributed by atoms with Crippen LogP contribution in [0.4, 0.5) is 4.39 Å². The van der Waals surface area contributed by atoms with E-state index in [1.54, 1.807) is 25.3 Å². The smallest absolute Gasteiger partial charge is 0.344 e. The van der Waals surface area contributed by atoms with Gasteiger partial charge in [-0.3, -0.25) is 9.78 Å². The third-order valence-corrected chi connectivity index (χ3v) is 5.12. The molecule has 156 valence electrons. The largest absolute Gasteiger partial charge is 0.491 e. The summed E-state index contributed by atoms with van der Waals surface area (Å²) in [6.07, 6.45) is 2.61. The second-order valence-electron chi connectivity index (χ2n) is 7.00. The van der Waals surface area contributed by atoms with Gasteiger partial charge in [0.1, 0.15) is 22.6 Å². The summed E-state index contributed by atoms with van der Waals surface area (Å²) < 4.78 is 25.7. The van der Waals surface area contributed by atoms with Gasteiger partial charge in [-0.2, -0.15) is 0 Å². The molecule has 0 radical (unpaired) electrons. The Morgan fingerprint density at radius 2 is 2.10 bits per heavy atom. The zero-order valence-electron chi connectivity index (χ0n) is 16.5. The van der Waals surface area contributed by atoms with Crippen LogP contribution < -0.4 is 10.3 Å². The summed E-state index contributed by atoms with van der Waals surface area (Å²) in [6, 6.07) is 6.12. The maximum Gasteiger partial charge on any atom is 0.344 e. The molecule has 30 heavy (non-hydrogen) atoms. The molecule has 0 amide bonds. The maximum atomic E-state index is 13.2. The van der Waals surface area contributed by atoms with Crippen molar-refractivity contribution in [1.29, 1.82) is 0 Å². The van der Waals surface area contributed by atoms with E-state index in [0.717, 1.165) is 11.1 Å². The molecule has 0 saturated heterocycles. The average Bonchev–Trinajstić information content (AvgIpc) is 2.97. The minimum atomic E-state index is -0.777. The normalized spacial score (nSPS) is 13.0. The molecule has 8 heteroatoms. The van der Waals surface area contributed by atoms with Crippen LogP contribution in [-0.4, -0.2) is 33.8 Å². The van der Waals surface area contributed by atoms with Gasteiger partial charge in [-0.25, -0.2) is 9.18 Å². The van der Waals surface area contributed by atoms with Gasteiger partial charge in [0.05, 0.1) is 25.3 Å². The van der Waals surface area contributed by atoms with Crippen molar-refractivity contribution in [3.05, 3.63) is 68.9 Å². The van der Waals surface area contributed by atoms with Gasteiger partial charge < -0.3 is 19.1 Å². The molecule has 1 aromatic carbocycles. The van der Waals surface area contributed by atoms with Crippen LogP contribution in [0.5, 0.6) is 5.75 Å². The highest BCUT2D eigenvalue weighted by atomic mass is 19.1. The molecule has 0 saturated carbocycles. The predicted molar refractivity (Wildman–Crippen MR) is 107 cm³/mol. The first-order valence-corrected chi connectivity index (χ1v) is 9.77. The Hall–Kier alpha value is -3.26. The van der Waals surface area contributed by atoms with E-state index in [9.17, 15) is 19.1 Å². The van der Waals surface area contributed by atoms with E-state index in [1.807, 2.05) is 0 Å². The molecule has 0 fully saturated rings. The lowest BCUT2D eigenvalue weighted by molar-refractivity contribution is 0.0520. The summed E-state index contributed by atoms with van der Waals surface area (Å²) >= 11 is 0. The molecule has 7 nitrogen and oxygen atoms in total. The number of nitrogens with zero attached hydrogens (tertiary/aromatic N) is 2. The van der Waals surface area contributed by atoms with E-state index in [0.29, 0.717) is 42.8 Å². The molecule has 1 aliphatic heterocycles. The highest BCUT2D eigenvalue weighted by molar-refractivity contribution is 5.97. The number of carbonyl (C=O) groups is 1. The van der Waals surface area contributed by atoms with Gasteiger partial charge in [-0.15, -0.1) is 0 Å². The Kier molecular flexibility index (Phi) is 5.50. The number of halogens is 1. The summed E-state index contributed by atoms with van der Waals surface area (Å²) in [5.41, 5.74) is 1.79. The molecule has 3 heterocycles. The molecule has 3 aromatic rings. The van der Waals surface area contributed by atoms with Crippen molar-refractivity contribution in [2.75, 3.05) is 13.2 Å². The number of aliphatic hydroxyl groups is 1. The Morgan fingerprint density at radius 3 is 2.80 bits per heavy atom. The van der Waals surface area contributed by atoms with Crippen LogP contribution in [0.2, 0.25) is 0 Å². The molecule has 0 atom stereocenters. The number of hydrogen-bond donors (Lipinski definition) is 1. The number of rotatable bonds is 5. The lowest BCUT2D eigenvalue weighted by Gasteiger charge is -2.17. The molecular formula is C22H21FN2O5. The lowest BCUT2D eigenvalue weighted by Crippen LogP contribution is -2.30. The van der Waals surface area contributed by atoms with Gasteiger partial charge in [0.25, 0.3) is 5.56 Å².